The van der Waals surface area contributed by atoms with E-state index in [1.54, 1.807) is 11.3 Å². The summed E-state index contributed by atoms with van der Waals surface area (Å²) in [4.78, 5) is 2.66. The fourth-order valence-electron chi connectivity index (χ4n) is 0.659. The molecule has 0 aliphatic rings. The normalized spacial score (nSPS) is 8.00. The van der Waals surface area contributed by atoms with E-state index in [9.17, 15) is 0 Å². The Bertz CT molecular complexity index is 224. The molecule has 0 unspecified atom stereocenters. The van der Waals surface area contributed by atoms with Gasteiger partial charge in [0.15, 0.2) is 0 Å². The van der Waals surface area contributed by atoms with Crippen LogP contribution in [0, 0.1) is 0 Å². The minimum Gasteiger partial charge on any atom is -0.152 e. The van der Waals surface area contributed by atoms with E-state index in [0.717, 1.165) is 6.42 Å². The monoisotopic (exact) mass is 169 g/mol. The van der Waals surface area contributed by atoms with Gasteiger partial charge in [-0.3, -0.25) is 0 Å². The highest BCUT2D eigenvalue weighted by atomic mass is 32.1. The van der Waals surface area contributed by atoms with Gasteiger partial charge >= 0.3 is 0 Å². The van der Waals surface area contributed by atoms with Gasteiger partial charge in [-0.1, -0.05) is 12.5 Å². The maximum Gasteiger partial charge on any atom is 0.0298 e. The van der Waals surface area contributed by atoms with E-state index in [-0.39, 0.29) is 7.43 Å². The third-order valence-corrected chi connectivity index (χ3v) is 1.88. The number of thiophene rings is 1. The van der Waals surface area contributed by atoms with Crippen molar-refractivity contribution in [2.45, 2.75) is 13.8 Å². The lowest BCUT2D eigenvalue weighted by atomic mass is 10.2. The van der Waals surface area contributed by atoms with Gasteiger partial charge in [0.25, 0.3) is 0 Å². The molecule has 3 nitrogen and oxygen atoms in total. The molecule has 0 radical (unpaired) electrons. The number of nitrogens with zero attached hydrogens (tertiary/aromatic N) is 3. The van der Waals surface area contributed by atoms with Gasteiger partial charge in [0.05, 0.1) is 0 Å². The number of rotatable bonds is 3. The summed E-state index contributed by atoms with van der Waals surface area (Å²) in [5.74, 6) is 0. The van der Waals surface area contributed by atoms with Crippen LogP contribution in [0.4, 0.5) is 0 Å². The average molecular weight is 169 g/mol. The first-order valence-electron chi connectivity index (χ1n) is 2.95. The Morgan fingerprint density at radius 2 is 2.45 bits per heavy atom. The molecule has 0 N–H and O–H groups in total. The molecule has 0 aliphatic carbocycles. The average Bonchev–Trinajstić information content (AvgIpc) is 2.41. The van der Waals surface area contributed by atoms with E-state index in [0.29, 0.717) is 6.54 Å². The fourth-order valence-corrected chi connectivity index (χ4v) is 1.36. The highest BCUT2D eigenvalue weighted by molar-refractivity contribution is 7.07. The van der Waals surface area contributed by atoms with Gasteiger partial charge in [-0.25, -0.2) is 0 Å². The Balaban J connectivity index is 0.000001000. The second kappa shape index (κ2) is 5.77. The van der Waals surface area contributed by atoms with Gasteiger partial charge < -0.3 is 0 Å². The largest absolute Gasteiger partial charge is 0.152 e. The second-order valence-corrected chi connectivity index (χ2v) is 2.62. The second-order valence-electron chi connectivity index (χ2n) is 1.84. The summed E-state index contributed by atoms with van der Waals surface area (Å²) in [5, 5.41) is 7.51. The zero-order chi connectivity index (χ0) is 7.23. The number of azide groups is 1. The summed E-state index contributed by atoms with van der Waals surface area (Å²) in [6.07, 6.45) is 0.855. The molecule has 0 atom stereocenters. The summed E-state index contributed by atoms with van der Waals surface area (Å²) in [6.45, 7) is 0.563. The lowest BCUT2D eigenvalue weighted by molar-refractivity contribution is 0.961. The Morgan fingerprint density at radius 1 is 1.64 bits per heavy atom. The molecule has 1 heterocycles. The molecule has 0 spiro atoms. The third-order valence-electron chi connectivity index (χ3n) is 1.14. The summed E-state index contributed by atoms with van der Waals surface area (Å²) < 4.78 is 0. The summed E-state index contributed by atoms with van der Waals surface area (Å²) in [6, 6.07) is 2.04. The van der Waals surface area contributed by atoms with Gasteiger partial charge in [-0.15, -0.1) is 0 Å². The third kappa shape index (κ3) is 3.65. The molecule has 0 amide bonds. The summed E-state index contributed by atoms with van der Waals surface area (Å²) in [7, 11) is 0. The lowest BCUT2D eigenvalue weighted by Crippen LogP contribution is -1.83. The van der Waals surface area contributed by atoms with E-state index in [2.05, 4.69) is 15.4 Å². The first-order chi connectivity index (χ1) is 4.93. The Morgan fingerprint density at radius 3 is 3.00 bits per heavy atom. The van der Waals surface area contributed by atoms with Crippen LogP contribution < -0.4 is 0 Å². The predicted octanol–water partition coefficient (Wildman–Crippen LogP) is 3.24. The quantitative estimate of drug-likeness (QED) is 0.379. The molecule has 0 aliphatic heterocycles. The highest BCUT2D eigenvalue weighted by Crippen LogP contribution is 2.06. The van der Waals surface area contributed by atoms with Gasteiger partial charge in [0, 0.05) is 11.5 Å². The van der Waals surface area contributed by atoms with E-state index in [4.69, 9.17) is 5.53 Å². The maximum atomic E-state index is 7.96. The standard InChI is InChI=1S/C6H7N3S.CH4/c7-9-8-3-1-6-2-4-10-5-6;/h2,4-5H,1,3H2;1H4. The molecular weight excluding hydrogens is 158 g/mol. The van der Waals surface area contributed by atoms with Gasteiger partial charge in [0.2, 0.25) is 0 Å². The van der Waals surface area contributed by atoms with E-state index in [1.165, 1.54) is 5.56 Å². The molecule has 1 aromatic rings. The summed E-state index contributed by atoms with van der Waals surface area (Å²) >= 11 is 1.66. The van der Waals surface area contributed by atoms with Crippen LogP contribution >= 0.6 is 11.3 Å². The molecule has 0 bridgehead atoms. The van der Waals surface area contributed by atoms with Gasteiger partial charge in [0.1, 0.15) is 0 Å². The molecular formula is C7H11N3S. The highest BCUT2D eigenvalue weighted by Gasteiger charge is 1.88. The zero-order valence-corrected chi connectivity index (χ0v) is 6.21. The molecule has 0 fully saturated rings. The smallest absolute Gasteiger partial charge is 0.0298 e. The Hall–Kier alpha value is -0.990. The van der Waals surface area contributed by atoms with E-state index in [1.807, 2.05) is 11.4 Å². The molecule has 1 aromatic heterocycles. The summed E-state index contributed by atoms with van der Waals surface area (Å²) in [5.41, 5.74) is 9.20. The van der Waals surface area contributed by atoms with Crippen LogP contribution in [-0.4, -0.2) is 6.54 Å². The molecule has 4 heteroatoms. The van der Waals surface area contributed by atoms with Crippen molar-refractivity contribution in [2.75, 3.05) is 6.54 Å². The molecule has 60 valence electrons. The van der Waals surface area contributed by atoms with Crippen LogP contribution in [0.25, 0.3) is 10.4 Å². The van der Waals surface area contributed by atoms with E-state index >= 15 is 0 Å². The maximum absolute atomic E-state index is 7.96. The van der Waals surface area contributed by atoms with Gasteiger partial charge in [-0.05, 0) is 34.3 Å². The molecule has 0 saturated heterocycles. The van der Waals surface area contributed by atoms with Crippen LogP contribution in [0.1, 0.15) is 13.0 Å². The van der Waals surface area contributed by atoms with Crippen molar-refractivity contribution in [3.8, 4) is 0 Å². The van der Waals surface area contributed by atoms with Crippen LogP contribution in [-0.2, 0) is 6.42 Å². The molecule has 0 aromatic carbocycles. The van der Waals surface area contributed by atoms with Crippen molar-refractivity contribution in [3.63, 3.8) is 0 Å². The molecule has 1 rings (SSSR count). The Labute approximate surface area is 70.3 Å². The number of hydrogen-bond donors (Lipinski definition) is 0. The Kier molecular flexibility index (Phi) is 5.25. The SMILES string of the molecule is C.[N-]=[N+]=NCCc1ccsc1. The molecule has 11 heavy (non-hydrogen) atoms. The minimum atomic E-state index is 0. The zero-order valence-electron chi connectivity index (χ0n) is 5.40. The van der Waals surface area contributed by atoms with Gasteiger partial charge in [-0.2, -0.15) is 11.3 Å². The topological polar surface area (TPSA) is 48.8 Å². The predicted molar refractivity (Wildman–Crippen MR) is 48.8 cm³/mol. The van der Waals surface area contributed by atoms with Crippen LogP contribution in [0.5, 0.6) is 0 Å². The van der Waals surface area contributed by atoms with E-state index < -0.39 is 0 Å². The molecule has 0 saturated carbocycles. The lowest BCUT2D eigenvalue weighted by Gasteiger charge is -1.86. The van der Waals surface area contributed by atoms with Crippen molar-refractivity contribution < 1.29 is 0 Å². The number of hydrogen-bond acceptors (Lipinski definition) is 2. The van der Waals surface area contributed by atoms with Crippen molar-refractivity contribution in [3.05, 3.63) is 32.8 Å². The van der Waals surface area contributed by atoms with Crippen LogP contribution in [0.15, 0.2) is 21.9 Å². The van der Waals surface area contributed by atoms with Crippen molar-refractivity contribution >= 4 is 11.3 Å². The van der Waals surface area contributed by atoms with Crippen molar-refractivity contribution in [1.29, 1.82) is 0 Å². The van der Waals surface area contributed by atoms with Crippen LogP contribution in [0.3, 0.4) is 0 Å². The first-order valence-corrected chi connectivity index (χ1v) is 3.89. The van der Waals surface area contributed by atoms with Crippen molar-refractivity contribution in [2.24, 2.45) is 5.11 Å². The van der Waals surface area contributed by atoms with Crippen LogP contribution in [0.2, 0.25) is 0 Å². The fraction of sp³-hybridized carbons (Fsp3) is 0.429. The first kappa shape index (κ1) is 10.0. The minimum absolute atomic E-state index is 0. The van der Waals surface area contributed by atoms with Crippen molar-refractivity contribution in [1.82, 2.24) is 0 Å².